The highest BCUT2D eigenvalue weighted by molar-refractivity contribution is 6.33. The van der Waals surface area contributed by atoms with Crippen LogP contribution in [0.2, 0.25) is 5.02 Å². The second kappa shape index (κ2) is 6.07. The second-order valence-electron chi connectivity index (χ2n) is 5.00. The predicted molar refractivity (Wildman–Crippen MR) is 96.0 cm³/mol. The minimum Gasteiger partial charge on any atom is -0.450 e. The molecule has 4 rings (SSSR count). The average Bonchev–Trinajstić information content (AvgIpc) is 2.88. The summed E-state index contributed by atoms with van der Waals surface area (Å²) in [6.07, 6.45) is 0. The third-order valence-corrected chi connectivity index (χ3v) is 3.79. The molecule has 4 aromatic rings. The Morgan fingerprint density at radius 3 is 2.57 bits per heavy atom. The number of anilines is 2. The van der Waals surface area contributed by atoms with Gasteiger partial charge in [-0.15, -0.1) is 12.4 Å². The molecule has 2 heterocycles. The van der Waals surface area contributed by atoms with E-state index in [2.05, 4.69) is 15.3 Å². The maximum absolute atomic E-state index is 6.21. The van der Waals surface area contributed by atoms with Gasteiger partial charge in [-0.25, -0.2) is 9.97 Å². The summed E-state index contributed by atoms with van der Waals surface area (Å²) < 4.78 is 5.92. The van der Waals surface area contributed by atoms with Crippen LogP contribution in [0.3, 0.4) is 0 Å². The second-order valence-corrected chi connectivity index (χ2v) is 5.41. The van der Waals surface area contributed by atoms with Crippen molar-refractivity contribution in [2.45, 2.75) is 6.92 Å². The number of para-hydroxylation sites is 2. The molecule has 2 aromatic heterocycles. The summed E-state index contributed by atoms with van der Waals surface area (Å²) in [7, 11) is 0. The lowest BCUT2D eigenvalue weighted by Gasteiger charge is -2.08. The molecule has 4 nitrogen and oxygen atoms in total. The first-order valence-electron chi connectivity index (χ1n) is 6.90. The predicted octanol–water partition coefficient (Wildman–Crippen LogP) is 5.50. The summed E-state index contributed by atoms with van der Waals surface area (Å²) in [4.78, 5) is 8.97. The molecule has 0 radical (unpaired) electrons. The van der Waals surface area contributed by atoms with Crippen LogP contribution in [0.25, 0.3) is 22.1 Å². The van der Waals surface area contributed by atoms with Gasteiger partial charge in [0.1, 0.15) is 16.9 Å². The Morgan fingerprint density at radius 1 is 1.00 bits per heavy atom. The number of halogens is 2. The molecule has 1 N–H and O–H groups in total. The van der Waals surface area contributed by atoms with Crippen molar-refractivity contribution < 1.29 is 4.42 Å². The van der Waals surface area contributed by atoms with Gasteiger partial charge in [0.15, 0.2) is 11.4 Å². The van der Waals surface area contributed by atoms with Gasteiger partial charge in [-0.3, -0.25) is 0 Å². The first-order chi connectivity index (χ1) is 10.7. The fraction of sp³-hybridized carbons (Fsp3) is 0.0588. The number of nitrogens with zero attached hydrogens (tertiary/aromatic N) is 2. The monoisotopic (exact) mass is 345 g/mol. The van der Waals surface area contributed by atoms with Gasteiger partial charge >= 0.3 is 0 Å². The Hall–Kier alpha value is -2.30. The summed E-state index contributed by atoms with van der Waals surface area (Å²) in [5, 5.41) is 4.85. The molecule has 0 unspecified atom stereocenters. The third kappa shape index (κ3) is 2.71. The van der Waals surface area contributed by atoms with Crippen molar-refractivity contribution >= 4 is 57.6 Å². The first-order valence-corrected chi connectivity index (χ1v) is 7.27. The Morgan fingerprint density at radius 2 is 1.74 bits per heavy atom. The van der Waals surface area contributed by atoms with Crippen molar-refractivity contribution in [3.8, 4) is 0 Å². The summed E-state index contributed by atoms with van der Waals surface area (Å²) in [5.74, 6) is 1.29. The summed E-state index contributed by atoms with van der Waals surface area (Å²) in [6.45, 7) is 1.86. The van der Waals surface area contributed by atoms with Crippen molar-refractivity contribution in [2.75, 3.05) is 5.32 Å². The quantitative estimate of drug-likeness (QED) is 0.520. The van der Waals surface area contributed by atoms with Gasteiger partial charge in [-0.05, 0) is 31.2 Å². The molecular formula is C17H13Cl2N3O. The lowest BCUT2D eigenvalue weighted by molar-refractivity contribution is 0.666. The minimum atomic E-state index is 0. The number of rotatable bonds is 2. The molecule has 0 atom stereocenters. The zero-order chi connectivity index (χ0) is 15.1. The van der Waals surface area contributed by atoms with Crippen molar-refractivity contribution in [3.05, 3.63) is 59.4 Å². The topological polar surface area (TPSA) is 51.0 Å². The van der Waals surface area contributed by atoms with E-state index in [9.17, 15) is 0 Å². The molecule has 0 aliphatic heterocycles. The zero-order valence-electron chi connectivity index (χ0n) is 12.2. The highest BCUT2D eigenvalue weighted by Crippen LogP contribution is 2.33. The van der Waals surface area contributed by atoms with Gasteiger partial charge in [0, 0.05) is 5.39 Å². The van der Waals surface area contributed by atoms with Crippen LogP contribution in [0.4, 0.5) is 11.5 Å². The van der Waals surface area contributed by atoms with Crippen molar-refractivity contribution in [2.24, 2.45) is 0 Å². The number of benzene rings is 2. The number of hydrogen-bond donors (Lipinski definition) is 1. The van der Waals surface area contributed by atoms with Crippen LogP contribution >= 0.6 is 24.0 Å². The Bertz CT molecular complexity index is 998. The van der Waals surface area contributed by atoms with Gasteiger partial charge in [0.05, 0.1) is 10.7 Å². The molecule has 0 amide bonds. The molecule has 0 aliphatic carbocycles. The SMILES string of the molecule is Cc1nc(Nc2ccccc2Cl)c2oc3ccccc3c2n1.Cl. The highest BCUT2D eigenvalue weighted by atomic mass is 35.5. The number of furan rings is 1. The lowest BCUT2D eigenvalue weighted by atomic mass is 10.2. The maximum Gasteiger partial charge on any atom is 0.196 e. The van der Waals surface area contributed by atoms with Crippen LogP contribution in [0.5, 0.6) is 0 Å². The minimum absolute atomic E-state index is 0. The van der Waals surface area contributed by atoms with E-state index in [4.69, 9.17) is 16.0 Å². The van der Waals surface area contributed by atoms with E-state index in [1.807, 2.05) is 55.5 Å². The van der Waals surface area contributed by atoms with Crippen molar-refractivity contribution in [1.29, 1.82) is 0 Å². The van der Waals surface area contributed by atoms with Crippen molar-refractivity contribution in [3.63, 3.8) is 0 Å². The molecule has 6 heteroatoms. The van der Waals surface area contributed by atoms with Gasteiger partial charge in [0.2, 0.25) is 0 Å². The molecule has 2 aromatic carbocycles. The molecule has 0 aliphatic rings. The molecule has 23 heavy (non-hydrogen) atoms. The highest BCUT2D eigenvalue weighted by Gasteiger charge is 2.15. The summed E-state index contributed by atoms with van der Waals surface area (Å²) >= 11 is 6.21. The van der Waals surface area contributed by atoms with Gasteiger partial charge in [-0.2, -0.15) is 0 Å². The smallest absolute Gasteiger partial charge is 0.196 e. The van der Waals surface area contributed by atoms with E-state index >= 15 is 0 Å². The Kier molecular flexibility index (Phi) is 4.11. The standard InChI is InChI=1S/C17H12ClN3O.ClH/c1-10-19-15-11-6-2-5-9-14(11)22-16(15)17(20-10)21-13-8-4-3-7-12(13)18;/h2-9H,1H3,(H,19,20,21);1H. The van der Waals surface area contributed by atoms with E-state index in [1.54, 1.807) is 0 Å². The van der Waals surface area contributed by atoms with Crippen LogP contribution in [-0.2, 0) is 0 Å². The Labute approximate surface area is 143 Å². The molecular weight excluding hydrogens is 333 g/mol. The number of nitrogens with one attached hydrogen (secondary N) is 1. The van der Waals surface area contributed by atoms with E-state index in [-0.39, 0.29) is 12.4 Å². The molecule has 0 bridgehead atoms. The third-order valence-electron chi connectivity index (χ3n) is 3.46. The van der Waals surface area contributed by atoms with Crippen LogP contribution in [0.15, 0.2) is 52.9 Å². The van der Waals surface area contributed by atoms with E-state index in [1.165, 1.54) is 0 Å². The summed E-state index contributed by atoms with van der Waals surface area (Å²) in [5.41, 5.74) is 3.01. The van der Waals surface area contributed by atoms with Gasteiger partial charge in [0.25, 0.3) is 0 Å². The average molecular weight is 346 g/mol. The molecule has 0 spiro atoms. The number of hydrogen-bond acceptors (Lipinski definition) is 4. The van der Waals surface area contributed by atoms with Crippen LogP contribution in [-0.4, -0.2) is 9.97 Å². The Balaban J connectivity index is 0.00000156. The maximum atomic E-state index is 6.21. The van der Waals surface area contributed by atoms with Crippen LogP contribution < -0.4 is 5.32 Å². The molecule has 0 saturated heterocycles. The number of aromatic nitrogens is 2. The largest absolute Gasteiger partial charge is 0.450 e. The van der Waals surface area contributed by atoms with Crippen LogP contribution in [0, 0.1) is 6.92 Å². The lowest BCUT2D eigenvalue weighted by Crippen LogP contribution is -1.98. The van der Waals surface area contributed by atoms with Crippen LogP contribution in [0.1, 0.15) is 5.82 Å². The summed E-state index contributed by atoms with van der Waals surface area (Å²) in [6, 6.07) is 15.3. The van der Waals surface area contributed by atoms with E-state index in [0.29, 0.717) is 22.2 Å². The fourth-order valence-corrected chi connectivity index (χ4v) is 2.66. The number of aryl methyl sites for hydroxylation is 1. The van der Waals surface area contributed by atoms with Gasteiger partial charge in [-0.1, -0.05) is 35.9 Å². The number of fused-ring (bicyclic) bond motifs is 3. The van der Waals surface area contributed by atoms with Gasteiger partial charge < -0.3 is 9.73 Å². The normalized spacial score (nSPS) is 10.7. The first kappa shape index (κ1) is 15.6. The van der Waals surface area contributed by atoms with Crippen molar-refractivity contribution in [1.82, 2.24) is 9.97 Å². The van der Waals surface area contributed by atoms with E-state index < -0.39 is 0 Å². The molecule has 116 valence electrons. The molecule has 0 saturated carbocycles. The fourth-order valence-electron chi connectivity index (χ4n) is 2.48. The molecule has 0 fully saturated rings. The van der Waals surface area contributed by atoms with E-state index in [0.717, 1.165) is 22.2 Å². The zero-order valence-corrected chi connectivity index (χ0v) is 13.8.